The molecular formula is C8H3BrClNO2. The predicted molar refractivity (Wildman–Crippen MR) is 50.8 cm³/mol. The fourth-order valence-corrected chi connectivity index (χ4v) is 1.53. The summed E-state index contributed by atoms with van der Waals surface area (Å²) in [6.45, 7) is 0. The molecule has 0 saturated heterocycles. The molecule has 3 nitrogen and oxygen atoms in total. The topological polar surface area (TPSA) is 61.1 Å². The number of rotatable bonds is 1. The van der Waals surface area contributed by atoms with Crippen molar-refractivity contribution < 1.29 is 9.90 Å². The number of carboxylic acids is 1. The Morgan fingerprint density at radius 2 is 2.23 bits per heavy atom. The summed E-state index contributed by atoms with van der Waals surface area (Å²) >= 11 is 8.69. The van der Waals surface area contributed by atoms with Gasteiger partial charge < -0.3 is 5.11 Å². The first kappa shape index (κ1) is 10.0. The summed E-state index contributed by atoms with van der Waals surface area (Å²) in [4.78, 5) is 10.7. The van der Waals surface area contributed by atoms with Crippen LogP contribution in [0.2, 0.25) is 5.02 Å². The van der Waals surface area contributed by atoms with Gasteiger partial charge in [0.05, 0.1) is 16.1 Å². The second kappa shape index (κ2) is 3.77. The minimum atomic E-state index is -1.21. The van der Waals surface area contributed by atoms with Crippen LogP contribution < -0.4 is 0 Å². The van der Waals surface area contributed by atoms with Gasteiger partial charge in [-0.25, -0.2) is 4.79 Å². The monoisotopic (exact) mass is 259 g/mol. The number of hydrogen-bond acceptors (Lipinski definition) is 2. The van der Waals surface area contributed by atoms with Crippen LogP contribution in [0.1, 0.15) is 15.9 Å². The Balaban J connectivity index is 3.55. The molecule has 0 aromatic heterocycles. The van der Waals surface area contributed by atoms with E-state index in [1.54, 1.807) is 6.07 Å². The van der Waals surface area contributed by atoms with Crippen LogP contribution in [0, 0.1) is 11.3 Å². The van der Waals surface area contributed by atoms with Crippen molar-refractivity contribution in [3.8, 4) is 6.07 Å². The summed E-state index contributed by atoms with van der Waals surface area (Å²) in [6.07, 6.45) is 0. The van der Waals surface area contributed by atoms with E-state index in [-0.39, 0.29) is 16.1 Å². The van der Waals surface area contributed by atoms with Crippen LogP contribution in [-0.2, 0) is 0 Å². The minimum Gasteiger partial charge on any atom is -0.478 e. The zero-order valence-corrected chi connectivity index (χ0v) is 8.56. The third kappa shape index (κ3) is 1.82. The molecule has 0 aliphatic rings. The van der Waals surface area contributed by atoms with Gasteiger partial charge in [-0.3, -0.25) is 0 Å². The zero-order valence-electron chi connectivity index (χ0n) is 6.21. The van der Waals surface area contributed by atoms with Crippen molar-refractivity contribution in [1.29, 1.82) is 5.26 Å². The molecule has 0 atom stereocenters. The number of halogens is 2. The molecule has 1 rings (SSSR count). The molecule has 0 bridgehead atoms. The standard InChI is InChI=1S/C8H3BrClNO2/c9-5-1-2-6(10)7(8(12)13)4(5)3-11/h1-2H,(H,12,13). The van der Waals surface area contributed by atoms with E-state index in [9.17, 15) is 4.79 Å². The molecule has 0 amide bonds. The third-order valence-corrected chi connectivity index (χ3v) is 2.41. The Labute approximate surface area is 87.7 Å². The van der Waals surface area contributed by atoms with Crippen molar-refractivity contribution in [1.82, 2.24) is 0 Å². The van der Waals surface area contributed by atoms with E-state index in [4.69, 9.17) is 22.0 Å². The summed E-state index contributed by atoms with van der Waals surface area (Å²) in [5.74, 6) is -1.21. The van der Waals surface area contributed by atoms with Gasteiger partial charge in [0, 0.05) is 4.47 Å². The molecule has 1 aromatic rings. The average Bonchev–Trinajstić information content (AvgIpc) is 2.07. The van der Waals surface area contributed by atoms with Gasteiger partial charge in [-0.15, -0.1) is 0 Å². The van der Waals surface area contributed by atoms with Crippen LogP contribution in [0.15, 0.2) is 16.6 Å². The first-order chi connectivity index (χ1) is 6.07. The van der Waals surface area contributed by atoms with E-state index in [1.165, 1.54) is 12.1 Å². The van der Waals surface area contributed by atoms with Gasteiger partial charge in [-0.1, -0.05) is 11.6 Å². The molecule has 1 aromatic carbocycles. The van der Waals surface area contributed by atoms with Crippen molar-refractivity contribution in [2.75, 3.05) is 0 Å². The van der Waals surface area contributed by atoms with Crippen molar-refractivity contribution in [3.05, 3.63) is 32.8 Å². The molecule has 0 radical (unpaired) electrons. The lowest BCUT2D eigenvalue weighted by atomic mass is 10.1. The molecule has 0 heterocycles. The highest BCUT2D eigenvalue weighted by atomic mass is 79.9. The second-order valence-electron chi connectivity index (χ2n) is 2.20. The van der Waals surface area contributed by atoms with E-state index in [2.05, 4.69) is 15.9 Å². The van der Waals surface area contributed by atoms with Crippen LogP contribution in [-0.4, -0.2) is 11.1 Å². The van der Waals surface area contributed by atoms with Gasteiger partial charge in [-0.05, 0) is 28.1 Å². The molecule has 5 heteroatoms. The molecule has 13 heavy (non-hydrogen) atoms. The number of hydrogen-bond donors (Lipinski definition) is 1. The maximum Gasteiger partial charge on any atom is 0.338 e. The van der Waals surface area contributed by atoms with Crippen LogP contribution in [0.25, 0.3) is 0 Å². The lowest BCUT2D eigenvalue weighted by molar-refractivity contribution is 0.0696. The third-order valence-electron chi connectivity index (χ3n) is 1.43. The van der Waals surface area contributed by atoms with Crippen molar-refractivity contribution in [2.45, 2.75) is 0 Å². The predicted octanol–water partition coefficient (Wildman–Crippen LogP) is 2.67. The lowest BCUT2D eigenvalue weighted by Gasteiger charge is -2.02. The van der Waals surface area contributed by atoms with E-state index < -0.39 is 5.97 Å². The molecular weight excluding hydrogens is 257 g/mol. The van der Waals surface area contributed by atoms with Gasteiger partial charge >= 0.3 is 5.97 Å². The first-order valence-electron chi connectivity index (χ1n) is 3.19. The normalized spacial score (nSPS) is 9.31. The fourth-order valence-electron chi connectivity index (χ4n) is 0.870. The van der Waals surface area contributed by atoms with Crippen LogP contribution in [0.4, 0.5) is 0 Å². The van der Waals surface area contributed by atoms with Gasteiger partial charge in [0.1, 0.15) is 6.07 Å². The molecule has 0 spiro atoms. The number of carboxylic acid groups (broad SMARTS) is 1. The van der Waals surface area contributed by atoms with E-state index in [0.717, 1.165) is 0 Å². The number of nitriles is 1. The smallest absolute Gasteiger partial charge is 0.338 e. The van der Waals surface area contributed by atoms with E-state index >= 15 is 0 Å². The molecule has 0 saturated carbocycles. The summed E-state index contributed by atoms with van der Waals surface area (Å²) in [5, 5.41) is 17.5. The molecule has 0 aliphatic heterocycles. The molecule has 0 aliphatic carbocycles. The van der Waals surface area contributed by atoms with E-state index in [1.807, 2.05) is 0 Å². The average molecular weight is 260 g/mol. The van der Waals surface area contributed by atoms with Gasteiger partial charge in [0.15, 0.2) is 0 Å². The summed E-state index contributed by atoms with van der Waals surface area (Å²) in [5.41, 5.74) is -0.126. The van der Waals surface area contributed by atoms with Crippen molar-refractivity contribution in [3.63, 3.8) is 0 Å². The maximum absolute atomic E-state index is 10.7. The number of carbonyl (C=O) groups is 1. The van der Waals surface area contributed by atoms with Crippen molar-refractivity contribution >= 4 is 33.5 Å². The SMILES string of the molecule is N#Cc1c(Br)ccc(Cl)c1C(=O)O. The van der Waals surface area contributed by atoms with Gasteiger partial charge in [0.2, 0.25) is 0 Å². The highest BCUT2D eigenvalue weighted by Crippen LogP contribution is 2.26. The summed E-state index contributed by atoms with van der Waals surface area (Å²) < 4.78 is 0.428. The maximum atomic E-state index is 10.7. The highest BCUT2D eigenvalue weighted by Gasteiger charge is 2.16. The number of aromatic carboxylic acids is 1. The lowest BCUT2D eigenvalue weighted by Crippen LogP contribution is -2.01. The second-order valence-corrected chi connectivity index (χ2v) is 3.46. The van der Waals surface area contributed by atoms with Crippen LogP contribution >= 0.6 is 27.5 Å². The highest BCUT2D eigenvalue weighted by molar-refractivity contribution is 9.10. The summed E-state index contributed by atoms with van der Waals surface area (Å²) in [6, 6.07) is 4.74. The van der Waals surface area contributed by atoms with Crippen LogP contribution in [0.3, 0.4) is 0 Å². The molecule has 0 unspecified atom stereocenters. The Morgan fingerprint density at radius 1 is 1.62 bits per heavy atom. The quantitative estimate of drug-likeness (QED) is 0.844. The van der Waals surface area contributed by atoms with Gasteiger partial charge in [-0.2, -0.15) is 5.26 Å². The van der Waals surface area contributed by atoms with Crippen molar-refractivity contribution in [2.24, 2.45) is 0 Å². The minimum absolute atomic E-state index is 0.0417. The Kier molecular flexibility index (Phi) is 2.91. The van der Waals surface area contributed by atoms with Gasteiger partial charge in [0.25, 0.3) is 0 Å². The largest absolute Gasteiger partial charge is 0.478 e. The Morgan fingerprint density at radius 3 is 2.62 bits per heavy atom. The Bertz CT molecular complexity index is 411. The molecule has 1 N–H and O–H groups in total. The first-order valence-corrected chi connectivity index (χ1v) is 4.36. The zero-order chi connectivity index (χ0) is 10.0. The molecule has 0 fully saturated rings. The number of benzene rings is 1. The Hall–Kier alpha value is -1.05. The molecule has 66 valence electrons. The van der Waals surface area contributed by atoms with Crippen LogP contribution in [0.5, 0.6) is 0 Å². The number of nitrogens with zero attached hydrogens (tertiary/aromatic N) is 1. The summed E-state index contributed by atoms with van der Waals surface area (Å²) in [7, 11) is 0. The fraction of sp³-hybridized carbons (Fsp3) is 0. The van der Waals surface area contributed by atoms with E-state index in [0.29, 0.717) is 4.47 Å².